The number of likely N-dealkylation sites (tertiary alicyclic amines) is 1. The van der Waals surface area contributed by atoms with Crippen molar-refractivity contribution in [2.24, 2.45) is 5.92 Å². The van der Waals surface area contributed by atoms with E-state index >= 15 is 0 Å². The molecule has 0 radical (unpaired) electrons. The molecular formula is C21H27F2N5O2. The molecule has 30 heavy (non-hydrogen) atoms. The van der Waals surface area contributed by atoms with Gasteiger partial charge in [-0.15, -0.1) is 0 Å². The smallest absolute Gasteiger partial charge is 0.260 e. The molecular weight excluding hydrogens is 392 g/mol. The van der Waals surface area contributed by atoms with Crippen LogP contribution in [-0.2, 0) is 11.2 Å². The fourth-order valence-corrected chi connectivity index (χ4v) is 4.57. The van der Waals surface area contributed by atoms with E-state index in [2.05, 4.69) is 15.4 Å². The summed E-state index contributed by atoms with van der Waals surface area (Å²) in [5.41, 5.74) is 1.01. The Labute approximate surface area is 174 Å². The molecule has 162 valence electrons. The van der Waals surface area contributed by atoms with Gasteiger partial charge in [0.05, 0.1) is 7.11 Å². The number of fused-ring (bicyclic) bond motifs is 1. The molecule has 1 N–H and O–H groups in total. The third-order valence-corrected chi connectivity index (χ3v) is 6.17. The molecule has 1 aromatic carbocycles. The first-order valence-electron chi connectivity index (χ1n) is 10.4. The van der Waals surface area contributed by atoms with Crippen molar-refractivity contribution in [1.29, 1.82) is 0 Å². The van der Waals surface area contributed by atoms with E-state index < -0.39 is 12.5 Å². The normalized spacial score (nSPS) is 23.7. The third-order valence-electron chi connectivity index (χ3n) is 6.17. The maximum Gasteiger partial charge on any atom is 0.260 e. The Hall–Kier alpha value is -2.71. The number of alkyl halides is 2. The fraction of sp³-hybridized carbons (Fsp3) is 0.571. The molecule has 3 heterocycles. The number of hydrogen-bond acceptors (Lipinski definition) is 5. The Morgan fingerprint density at radius 2 is 2.20 bits per heavy atom. The number of nitrogens with zero attached hydrogens (tertiary/aromatic N) is 4. The van der Waals surface area contributed by atoms with Gasteiger partial charge in [0.15, 0.2) is 0 Å². The van der Waals surface area contributed by atoms with E-state index in [-0.39, 0.29) is 24.3 Å². The number of piperidine rings is 1. The number of hydrogen-bond donors (Lipinski definition) is 1. The van der Waals surface area contributed by atoms with Crippen LogP contribution in [0, 0.1) is 5.92 Å². The van der Waals surface area contributed by atoms with Crippen molar-refractivity contribution in [3.63, 3.8) is 0 Å². The first-order valence-corrected chi connectivity index (χ1v) is 10.4. The van der Waals surface area contributed by atoms with Crippen LogP contribution in [0.1, 0.15) is 37.3 Å². The fourth-order valence-electron chi connectivity index (χ4n) is 4.57. The van der Waals surface area contributed by atoms with E-state index in [1.807, 2.05) is 29.2 Å². The van der Waals surface area contributed by atoms with Crippen LogP contribution in [0.4, 0.5) is 14.7 Å². The number of nitrogens with one attached hydrogen (secondary N) is 1. The quantitative estimate of drug-likeness (QED) is 0.779. The van der Waals surface area contributed by atoms with Crippen molar-refractivity contribution in [3.8, 4) is 5.75 Å². The number of amides is 1. The van der Waals surface area contributed by atoms with Gasteiger partial charge in [-0.2, -0.15) is 10.1 Å². The van der Waals surface area contributed by atoms with E-state index in [0.29, 0.717) is 31.9 Å². The molecule has 2 aromatic rings. The summed E-state index contributed by atoms with van der Waals surface area (Å²) in [7, 11) is 1.63. The number of para-hydroxylation sites is 1. The number of anilines is 1. The maximum atomic E-state index is 13.6. The molecule has 7 nitrogen and oxygen atoms in total. The zero-order valence-corrected chi connectivity index (χ0v) is 17.0. The topological polar surface area (TPSA) is 72.3 Å². The molecule has 1 aromatic heterocycles. The van der Waals surface area contributed by atoms with Crippen LogP contribution < -0.4 is 10.1 Å². The molecule has 0 saturated carbocycles. The summed E-state index contributed by atoms with van der Waals surface area (Å²) in [5, 5.41) is 7.20. The lowest BCUT2D eigenvalue weighted by molar-refractivity contribution is -0.133. The van der Waals surface area contributed by atoms with Gasteiger partial charge in [-0.3, -0.25) is 4.79 Å². The van der Waals surface area contributed by atoms with E-state index in [9.17, 15) is 13.6 Å². The molecule has 3 atom stereocenters. The minimum absolute atomic E-state index is 0.0926. The van der Waals surface area contributed by atoms with Gasteiger partial charge in [0.2, 0.25) is 11.9 Å². The summed E-state index contributed by atoms with van der Waals surface area (Å²) in [4.78, 5) is 18.8. The lowest BCUT2D eigenvalue weighted by Gasteiger charge is -2.40. The van der Waals surface area contributed by atoms with E-state index in [0.717, 1.165) is 24.2 Å². The van der Waals surface area contributed by atoms with Gasteiger partial charge < -0.3 is 15.0 Å². The van der Waals surface area contributed by atoms with Crippen LogP contribution in [-0.4, -0.2) is 58.2 Å². The van der Waals surface area contributed by atoms with E-state index in [4.69, 9.17) is 4.74 Å². The summed E-state index contributed by atoms with van der Waals surface area (Å²) < 4.78 is 33.8. The highest BCUT2D eigenvalue weighted by Gasteiger charge is 2.38. The molecule has 4 rings (SSSR count). The minimum Gasteiger partial charge on any atom is -0.496 e. The molecule has 0 spiro atoms. The first-order chi connectivity index (χ1) is 14.6. The molecule has 2 aliphatic heterocycles. The van der Waals surface area contributed by atoms with Gasteiger partial charge in [-0.25, -0.2) is 13.5 Å². The third kappa shape index (κ3) is 4.24. The van der Waals surface area contributed by atoms with Crippen molar-refractivity contribution >= 4 is 11.9 Å². The van der Waals surface area contributed by atoms with Crippen molar-refractivity contribution < 1.29 is 18.3 Å². The number of carbonyl (C=O) groups excluding carboxylic acids is 1. The van der Waals surface area contributed by atoms with Crippen LogP contribution >= 0.6 is 0 Å². The van der Waals surface area contributed by atoms with Gasteiger partial charge in [-0.1, -0.05) is 18.2 Å². The minimum atomic E-state index is -2.50. The highest BCUT2D eigenvalue weighted by molar-refractivity contribution is 5.76. The summed E-state index contributed by atoms with van der Waals surface area (Å²) in [6.07, 6.45) is 1.86. The highest BCUT2D eigenvalue weighted by Crippen LogP contribution is 2.35. The highest BCUT2D eigenvalue weighted by atomic mass is 19.3. The molecule has 2 aliphatic rings. The van der Waals surface area contributed by atoms with Gasteiger partial charge in [0.1, 0.15) is 18.1 Å². The van der Waals surface area contributed by atoms with Gasteiger partial charge in [0, 0.05) is 25.6 Å². The summed E-state index contributed by atoms with van der Waals surface area (Å²) in [6, 6.07) is 6.58. The standard InChI is InChI=1S/C21H27F2N5O2/c1-30-18-7-3-2-5-14(18)8-9-19(29)27-10-4-6-15(12-27)16-11-17(20(22)23)28-21(26-16)24-13-25-28/h2-3,5,7,13,15-17,20H,4,6,8-12H2,1H3,(H,24,25,26)/t15-,16-,17+/m0/s1. The van der Waals surface area contributed by atoms with E-state index in [1.54, 1.807) is 7.11 Å². The SMILES string of the molecule is COc1ccccc1CCC(=O)N1CCC[C@H]([C@@H]2C[C@H](C(F)F)n3ncnc3N2)C1. The van der Waals surface area contributed by atoms with E-state index in [1.165, 1.54) is 11.0 Å². The van der Waals surface area contributed by atoms with Crippen LogP contribution in [0.15, 0.2) is 30.6 Å². The van der Waals surface area contributed by atoms with Crippen LogP contribution in [0.2, 0.25) is 0 Å². The first kappa shape index (κ1) is 20.6. The monoisotopic (exact) mass is 419 g/mol. The Morgan fingerprint density at radius 1 is 1.37 bits per heavy atom. The number of benzene rings is 1. The van der Waals surface area contributed by atoms with Crippen LogP contribution in [0.25, 0.3) is 0 Å². The molecule has 9 heteroatoms. The summed E-state index contributed by atoms with van der Waals surface area (Å²) in [6.45, 7) is 1.29. The molecule has 0 aliphatic carbocycles. The number of ether oxygens (including phenoxy) is 1. The molecule has 0 unspecified atom stereocenters. The molecule has 1 saturated heterocycles. The number of aromatic nitrogens is 3. The van der Waals surface area contributed by atoms with Crippen molar-refractivity contribution in [2.45, 2.75) is 50.6 Å². The number of methoxy groups -OCH3 is 1. The second kappa shape index (κ2) is 8.97. The number of rotatable bonds is 6. The second-order valence-electron chi connectivity index (χ2n) is 7.97. The van der Waals surface area contributed by atoms with Crippen molar-refractivity contribution in [1.82, 2.24) is 19.7 Å². The largest absolute Gasteiger partial charge is 0.496 e. The average Bonchev–Trinajstić information content (AvgIpc) is 3.25. The maximum absolute atomic E-state index is 13.6. The molecule has 1 amide bonds. The molecule has 0 bridgehead atoms. The predicted molar refractivity (Wildman–Crippen MR) is 108 cm³/mol. The summed E-state index contributed by atoms with van der Waals surface area (Å²) in [5.74, 6) is 1.38. The Morgan fingerprint density at radius 3 is 3.00 bits per heavy atom. The predicted octanol–water partition coefficient (Wildman–Crippen LogP) is 3.15. The van der Waals surface area contributed by atoms with Gasteiger partial charge >= 0.3 is 0 Å². The molecule has 1 fully saturated rings. The summed E-state index contributed by atoms with van der Waals surface area (Å²) >= 11 is 0. The Kier molecular flexibility index (Phi) is 6.15. The van der Waals surface area contributed by atoms with Gasteiger partial charge in [-0.05, 0) is 43.2 Å². The number of carbonyl (C=O) groups is 1. The van der Waals surface area contributed by atoms with Gasteiger partial charge in [0.25, 0.3) is 6.43 Å². The zero-order chi connectivity index (χ0) is 21.1. The second-order valence-corrected chi connectivity index (χ2v) is 7.97. The number of aryl methyl sites for hydroxylation is 1. The zero-order valence-electron chi connectivity index (χ0n) is 17.0. The lowest BCUT2D eigenvalue weighted by atomic mass is 9.86. The Bertz CT molecular complexity index is 875. The average molecular weight is 419 g/mol. The Balaban J connectivity index is 1.38. The van der Waals surface area contributed by atoms with Crippen molar-refractivity contribution in [2.75, 3.05) is 25.5 Å². The van der Waals surface area contributed by atoms with Crippen LogP contribution in [0.5, 0.6) is 5.75 Å². The van der Waals surface area contributed by atoms with Crippen molar-refractivity contribution in [3.05, 3.63) is 36.2 Å². The lowest BCUT2D eigenvalue weighted by Crippen LogP contribution is -2.48. The van der Waals surface area contributed by atoms with Crippen LogP contribution in [0.3, 0.4) is 0 Å². The number of halogens is 2.